The van der Waals surface area contributed by atoms with Crippen LogP contribution in [0.5, 0.6) is 5.75 Å². The minimum absolute atomic E-state index is 0.00729. The van der Waals surface area contributed by atoms with Crippen molar-refractivity contribution in [3.05, 3.63) is 63.6 Å². The van der Waals surface area contributed by atoms with Crippen molar-refractivity contribution < 1.29 is 18.3 Å². The van der Waals surface area contributed by atoms with Gasteiger partial charge in [-0.2, -0.15) is 0 Å². The number of methoxy groups -OCH3 is 1. The fraction of sp³-hybridized carbons (Fsp3) is 0.133. The lowest BCUT2D eigenvalue weighted by Crippen LogP contribution is -2.06. The molecular formula is C15H11BrF2O2. The SMILES string of the molecule is COc1cc(C(=O)Cc2ccc(Br)cc2F)ccc1F. The molecule has 0 amide bonds. The van der Waals surface area contributed by atoms with E-state index in [9.17, 15) is 13.6 Å². The quantitative estimate of drug-likeness (QED) is 0.781. The van der Waals surface area contributed by atoms with Crippen LogP contribution in [0, 0.1) is 11.6 Å². The molecule has 0 radical (unpaired) electrons. The summed E-state index contributed by atoms with van der Waals surface area (Å²) >= 11 is 3.15. The van der Waals surface area contributed by atoms with Crippen LogP contribution in [0.1, 0.15) is 15.9 Å². The largest absolute Gasteiger partial charge is 0.494 e. The number of carbonyl (C=O) groups is 1. The number of hydrogen-bond acceptors (Lipinski definition) is 2. The molecule has 0 spiro atoms. The Morgan fingerprint density at radius 1 is 1.15 bits per heavy atom. The first kappa shape index (κ1) is 14.7. The normalized spacial score (nSPS) is 10.4. The topological polar surface area (TPSA) is 26.3 Å². The molecule has 0 heterocycles. The van der Waals surface area contributed by atoms with E-state index in [0.29, 0.717) is 10.0 Å². The summed E-state index contributed by atoms with van der Waals surface area (Å²) in [5, 5.41) is 0. The first-order chi connectivity index (χ1) is 9.51. The minimum atomic E-state index is -0.543. The Labute approximate surface area is 123 Å². The van der Waals surface area contributed by atoms with Gasteiger partial charge in [-0.25, -0.2) is 8.78 Å². The molecule has 0 saturated heterocycles. The Kier molecular flexibility index (Phi) is 4.49. The first-order valence-corrected chi connectivity index (χ1v) is 6.61. The predicted octanol–water partition coefficient (Wildman–Crippen LogP) is 4.16. The molecule has 5 heteroatoms. The van der Waals surface area contributed by atoms with Gasteiger partial charge in [-0.3, -0.25) is 4.79 Å². The summed E-state index contributed by atoms with van der Waals surface area (Å²) in [6.45, 7) is 0. The van der Waals surface area contributed by atoms with Gasteiger partial charge >= 0.3 is 0 Å². The zero-order chi connectivity index (χ0) is 14.7. The van der Waals surface area contributed by atoms with Gasteiger partial charge in [0, 0.05) is 16.5 Å². The minimum Gasteiger partial charge on any atom is -0.494 e. The molecular weight excluding hydrogens is 330 g/mol. The molecule has 2 rings (SSSR count). The second-order valence-electron chi connectivity index (χ2n) is 4.19. The van der Waals surface area contributed by atoms with Gasteiger partial charge in [0.15, 0.2) is 17.3 Å². The molecule has 0 fully saturated rings. The van der Waals surface area contributed by atoms with E-state index in [1.807, 2.05) is 0 Å². The monoisotopic (exact) mass is 340 g/mol. The van der Waals surface area contributed by atoms with Crippen molar-refractivity contribution in [2.75, 3.05) is 7.11 Å². The third kappa shape index (κ3) is 3.22. The van der Waals surface area contributed by atoms with Gasteiger partial charge in [0.25, 0.3) is 0 Å². The molecule has 104 valence electrons. The molecule has 2 aromatic rings. The summed E-state index contributed by atoms with van der Waals surface area (Å²) in [6, 6.07) is 8.33. The average Bonchev–Trinajstić information content (AvgIpc) is 2.42. The average molecular weight is 341 g/mol. The highest BCUT2D eigenvalue weighted by molar-refractivity contribution is 9.10. The smallest absolute Gasteiger partial charge is 0.167 e. The van der Waals surface area contributed by atoms with E-state index in [0.717, 1.165) is 6.07 Å². The molecule has 0 bridgehead atoms. The van der Waals surface area contributed by atoms with Gasteiger partial charge in [-0.15, -0.1) is 0 Å². The number of ketones is 1. The summed E-state index contributed by atoms with van der Waals surface area (Å²) in [6.07, 6.45) is -0.0894. The highest BCUT2D eigenvalue weighted by atomic mass is 79.9. The molecule has 0 atom stereocenters. The molecule has 0 aliphatic rings. The summed E-state index contributed by atoms with van der Waals surface area (Å²) in [5.74, 6) is -1.31. The number of benzene rings is 2. The van der Waals surface area contributed by atoms with Crippen LogP contribution in [-0.2, 0) is 6.42 Å². The first-order valence-electron chi connectivity index (χ1n) is 5.82. The number of halogens is 3. The fourth-order valence-electron chi connectivity index (χ4n) is 1.77. The third-order valence-corrected chi connectivity index (χ3v) is 3.33. The van der Waals surface area contributed by atoms with E-state index in [4.69, 9.17) is 4.74 Å². The van der Waals surface area contributed by atoms with Crippen LogP contribution >= 0.6 is 15.9 Å². The Morgan fingerprint density at radius 3 is 2.55 bits per heavy atom. The Hall–Kier alpha value is -1.75. The maximum absolute atomic E-state index is 13.7. The van der Waals surface area contributed by atoms with Gasteiger partial charge in [-0.1, -0.05) is 22.0 Å². The molecule has 0 N–H and O–H groups in total. The summed E-state index contributed by atoms with van der Waals surface area (Å²) in [4.78, 5) is 12.1. The number of Topliss-reactive ketones (excluding diaryl/α,β-unsaturated/α-hetero) is 1. The van der Waals surface area contributed by atoms with Crippen molar-refractivity contribution >= 4 is 21.7 Å². The molecule has 0 saturated carbocycles. The maximum atomic E-state index is 13.7. The standard InChI is InChI=1S/C15H11BrF2O2/c1-20-15-7-10(3-5-12(15)17)14(19)6-9-2-4-11(16)8-13(9)18/h2-5,7-8H,6H2,1H3. The van der Waals surface area contributed by atoms with Crippen molar-refractivity contribution in [2.24, 2.45) is 0 Å². The van der Waals surface area contributed by atoms with E-state index in [-0.39, 0.29) is 23.5 Å². The lowest BCUT2D eigenvalue weighted by atomic mass is 10.0. The summed E-state index contributed by atoms with van der Waals surface area (Å²) in [7, 11) is 1.32. The summed E-state index contributed by atoms with van der Waals surface area (Å²) in [5.41, 5.74) is 0.576. The van der Waals surface area contributed by atoms with Crippen molar-refractivity contribution in [3.63, 3.8) is 0 Å². The lowest BCUT2D eigenvalue weighted by molar-refractivity contribution is 0.0991. The van der Waals surface area contributed by atoms with Crippen LogP contribution in [0.3, 0.4) is 0 Å². The van der Waals surface area contributed by atoms with Crippen LogP contribution < -0.4 is 4.74 Å². The second-order valence-corrected chi connectivity index (χ2v) is 5.10. The lowest BCUT2D eigenvalue weighted by Gasteiger charge is -2.06. The van der Waals surface area contributed by atoms with E-state index >= 15 is 0 Å². The van der Waals surface area contributed by atoms with Gasteiger partial charge in [0.1, 0.15) is 5.82 Å². The van der Waals surface area contributed by atoms with Crippen LogP contribution in [0.25, 0.3) is 0 Å². The van der Waals surface area contributed by atoms with Crippen LogP contribution in [-0.4, -0.2) is 12.9 Å². The van der Waals surface area contributed by atoms with E-state index in [2.05, 4.69) is 15.9 Å². The molecule has 2 aromatic carbocycles. The molecule has 0 aromatic heterocycles. The van der Waals surface area contributed by atoms with Gasteiger partial charge in [0.05, 0.1) is 7.11 Å². The zero-order valence-electron chi connectivity index (χ0n) is 10.6. The number of ether oxygens (including phenoxy) is 1. The molecule has 0 aliphatic heterocycles. The van der Waals surface area contributed by atoms with Gasteiger partial charge < -0.3 is 4.74 Å². The van der Waals surface area contributed by atoms with Crippen LogP contribution in [0.4, 0.5) is 8.78 Å². The Bertz CT molecular complexity index is 656. The number of carbonyl (C=O) groups excluding carboxylic acids is 1. The van der Waals surface area contributed by atoms with E-state index in [1.165, 1.54) is 31.4 Å². The fourth-order valence-corrected chi connectivity index (χ4v) is 2.11. The molecule has 2 nitrogen and oxygen atoms in total. The zero-order valence-corrected chi connectivity index (χ0v) is 12.2. The predicted molar refractivity (Wildman–Crippen MR) is 75.1 cm³/mol. The highest BCUT2D eigenvalue weighted by Gasteiger charge is 2.13. The Morgan fingerprint density at radius 2 is 1.90 bits per heavy atom. The molecule has 0 aliphatic carbocycles. The van der Waals surface area contributed by atoms with Crippen molar-refractivity contribution in [1.82, 2.24) is 0 Å². The van der Waals surface area contributed by atoms with Gasteiger partial charge in [-0.05, 0) is 35.9 Å². The van der Waals surface area contributed by atoms with Crippen molar-refractivity contribution in [1.29, 1.82) is 0 Å². The summed E-state index contributed by atoms with van der Waals surface area (Å²) < 4.78 is 32.4. The van der Waals surface area contributed by atoms with E-state index < -0.39 is 11.6 Å². The number of rotatable bonds is 4. The second kappa shape index (κ2) is 6.13. The molecule has 0 unspecified atom stereocenters. The van der Waals surface area contributed by atoms with Crippen molar-refractivity contribution in [3.8, 4) is 5.75 Å². The third-order valence-electron chi connectivity index (χ3n) is 2.84. The number of hydrogen-bond donors (Lipinski definition) is 0. The van der Waals surface area contributed by atoms with Crippen molar-refractivity contribution in [2.45, 2.75) is 6.42 Å². The van der Waals surface area contributed by atoms with Crippen LogP contribution in [0.2, 0.25) is 0 Å². The maximum Gasteiger partial charge on any atom is 0.167 e. The van der Waals surface area contributed by atoms with E-state index in [1.54, 1.807) is 6.07 Å². The molecule has 20 heavy (non-hydrogen) atoms. The van der Waals surface area contributed by atoms with Gasteiger partial charge in [0.2, 0.25) is 0 Å². The Balaban J connectivity index is 2.24. The highest BCUT2D eigenvalue weighted by Crippen LogP contribution is 2.21. The van der Waals surface area contributed by atoms with Crippen LogP contribution in [0.15, 0.2) is 40.9 Å².